The topological polar surface area (TPSA) is 55.8 Å². The van der Waals surface area contributed by atoms with Crippen LogP contribution in [-0.2, 0) is 14.3 Å². The minimum atomic E-state index is -0.525. The van der Waals surface area contributed by atoms with Crippen LogP contribution < -0.4 is 0 Å². The van der Waals surface area contributed by atoms with Gasteiger partial charge in [0.2, 0.25) is 0 Å². The van der Waals surface area contributed by atoms with Gasteiger partial charge in [0.15, 0.2) is 0 Å². The van der Waals surface area contributed by atoms with E-state index in [4.69, 9.17) is 9.47 Å². The third kappa shape index (κ3) is 3.64. The molecule has 0 saturated carbocycles. The van der Waals surface area contributed by atoms with Crippen LogP contribution >= 0.6 is 0 Å². The number of aliphatic hydroxyl groups is 1. The highest BCUT2D eigenvalue weighted by molar-refractivity contribution is 5.70. The van der Waals surface area contributed by atoms with E-state index in [9.17, 15) is 9.90 Å². The predicted molar refractivity (Wildman–Crippen MR) is 50.8 cm³/mol. The number of hydrogen-bond donors (Lipinski definition) is 1. The van der Waals surface area contributed by atoms with E-state index in [0.717, 1.165) is 0 Å². The van der Waals surface area contributed by atoms with Gasteiger partial charge >= 0.3 is 5.97 Å². The third-order valence-electron chi connectivity index (χ3n) is 2.01. The van der Waals surface area contributed by atoms with E-state index in [-0.39, 0.29) is 18.3 Å². The number of aliphatic hydroxyl groups excluding tert-OH is 1. The Balaban J connectivity index is 2.33. The van der Waals surface area contributed by atoms with Gasteiger partial charge in [-0.1, -0.05) is 0 Å². The van der Waals surface area contributed by atoms with Crippen LogP contribution in [0.25, 0.3) is 0 Å². The quantitative estimate of drug-likeness (QED) is 0.670. The molecule has 1 heterocycles. The van der Waals surface area contributed by atoms with Crippen molar-refractivity contribution in [1.82, 2.24) is 0 Å². The Morgan fingerprint density at radius 3 is 2.57 bits per heavy atom. The molecule has 82 valence electrons. The van der Waals surface area contributed by atoms with E-state index in [1.807, 2.05) is 20.8 Å². The van der Waals surface area contributed by atoms with Crippen molar-refractivity contribution in [3.05, 3.63) is 0 Å². The first-order valence-corrected chi connectivity index (χ1v) is 4.86. The lowest BCUT2D eigenvalue weighted by atomic mass is 10.0. The molecule has 0 radical (unpaired) electrons. The monoisotopic (exact) mass is 202 g/mol. The molecule has 1 fully saturated rings. The highest BCUT2D eigenvalue weighted by Gasteiger charge is 2.30. The number of hydrogen-bond acceptors (Lipinski definition) is 4. The van der Waals surface area contributed by atoms with Gasteiger partial charge in [0, 0.05) is 5.92 Å². The zero-order chi connectivity index (χ0) is 10.8. The molecule has 1 rings (SSSR count). The zero-order valence-corrected chi connectivity index (χ0v) is 8.95. The summed E-state index contributed by atoms with van der Waals surface area (Å²) in [4.78, 5) is 11.4. The van der Waals surface area contributed by atoms with Crippen molar-refractivity contribution in [2.75, 3.05) is 13.2 Å². The van der Waals surface area contributed by atoms with Crippen LogP contribution in [0.4, 0.5) is 0 Å². The SMILES string of the molecule is CC(C)(C)OC(=O)C[C@H]1COC[C@@H]1O. The molecule has 1 aliphatic heterocycles. The van der Waals surface area contributed by atoms with Gasteiger partial charge in [0.1, 0.15) is 5.60 Å². The maximum absolute atomic E-state index is 11.4. The lowest BCUT2D eigenvalue weighted by molar-refractivity contribution is -0.156. The first-order valence-electron chi connectivity index (χ1n) is 4.86. The summed E-state index contributed by atoms with van der Waals surface area (Å²) in [6.07, 6.45) is -0.291. The molecule has 1 saturated heterocycles. The summed E-state index contributed by atoms with van der Waals surface area (Å²) in [7, 11) is 0. The fraction of sp³-hybridized carbons (Fsp3) is 0.900. The molecule has 0 aromatic heterocycles. The van der Waals surface area contributed by atoms with Gasteiger partial charge in [-0.3, -0.25) is 4.79 Å². The largest absolute Gasteiger partial charge is 0.460 e. The fourth-order valence-corrected chi connectivity index (χ4v) is 1.38. The summed E-state index contributed by atoms with van der Waals surface area (Å²) in [5, 5.41) is 9.40. The minimum Gasteiger partial charge on any atom is -0.460 e. The minimum absolute atomic E-state index is 0.107. The summed E-state index contributed by atoms with van der Waals surface area (Å²) in [6, 6.07) is 0. The number of esters is 1. The van der Waals surface area contributed by atoms with Crippen LogP contribution in [0.2, 0.25) is 0 Å². The standard InChI is InChI=1S/C10H18O4/c1-10(2,3)14-9(12)4-7-5-13-6-8(7)11/h7-8,11H,4-6H2,1-3H3/t7-,8-/m0/s1. The van der Waals surface area contributed by atoms with Gasteiger partial charge in [0.25, 0.3) is 0 Å². The molecule has 1 N–H and O–H groups in total. The van der Waals surface area contributed by atoms with Crippen LogP contribution in [0.15, 0.2) is 0 Å². The Morgan fingerprint density at radius 2 is 2.14 bits per heavy atom. The van der Waals surface area contributed by atoms with Crippen LogP contribution in [-0.4, -0.2) is 36.0 Å². The number of ether oxygens (including phenoxy) is 2. The Labute approximate surface area is 84.2 Å². The second-order valence-electron chi connectivity index (χ2n) is 4.66. The van der Waals surface area contributed by atoms with Gasteiger partial charge in [0.05, 0.1) is 25.7 Å². The van der Waals surface area contributed by atoms with E-state index in [1.165, 1.54) is 0 Å². The number of carbonyl (C=O) groups is 1. The lowest BCUT2D eigenvalue weighted by Crippen LogP contribution is -2.28. The molecule has 0 aliphatic carbocycles. The summed E-state index contributed by atoms with van der Waals surface area (Å²) in [5.74, 6) is -0.378. The molecular formula is C10H18O4. The molecule has 0 amide bonds. The molecule has 0 bridgehead atoms. The van der Waals surface area contributed by atoms with Crippen molar-refractivity contribution >= 4 is 5.97 Å². The van der Waals surface area contributed by atoms with E-state index < -0.39 is 11.7 Å². The normalized spacial score (nSPS) is 27.7. The Bertz CT molecular complexity index is 207. The Kier molecular flexibility index (Phi) is 3.50. The van der Waals surface area contributed by atoms with Gasteiger partial charge in [-0.2, -0.15) is 0 Å². The van der Waals surface area contributed by atoms with Gasteiger partial charge in [-0.25, -0.2) is 0 Å². The molecule has 0 aromatic rings. The number of carbonyl (C=O) groups excluding carboxylic acids is 1. The zero-order valence-electron chi connectivity index (χ0n) is 8.95. The summed E-state index contributed by atoms with van der Waals surface area (Å²) < 4.78 is 10.2. The maximum Gasteiger partial charge on any atom is 0.306 e. The first-order chi connectivity index (χ1) is 6.38. The van der Waals surface area contributed by atoms with Crippen molar-refractivity contribution in [2.24, 2.45) is 5.92 Å². The molecule has 4 heteroatoms. The molecule has 0 unspecified atom stereocenters. The van der Waals surface area contributed by atoms with Crippen LogP contribution in [0, 0.1) is 5.92 Å². The predicted octanol–water partition coefficient (Wildman–Crippen LogP) is 0.726. The van der Waals surface area contributed by atoms with Crippen LogP contribution in [0.5, 0.6) is 0 Å². The summed E-state index contributed by atoms with van der Waals surface area (Å²) >= 11 is 0. The molecule has 4 nitrogen and oxygen atoms in total. The van der Waals surface area contributed by atoms with Gasteiger partial charge in [-0.15, -0.1) is 0 Å². The van der Waals surface area contributed by atoms with Crippen molar-refractivity contribution in [3.8, 4) is 0 Å². The molecular weight excluding hydrogens is 184 g/mol. The average molecular weight is 202 g/mol. The van der Waals surface area contributed by atoms with Crippen molar-refractivity contribution < 1.29 is 19.4 Å². The maximum atomic E-state index is 11.4. The smallest absolute Gasteiger partial charge is 0.306 e. The Hall–Kier alpha value is -0.610. The van der Waals surface area contributed by atoms with Crippen molar-refractivity contribution in [3.63, 3.8) is 0 Å². The molecule has 0 aromatic carbocycles. The summed E-state index contributed by atoms with van der Waals surface area (Å²) in [5.41, 5.74) is -0.457. The van der Waals surface area contributed by atoms with Crippen molar-refractivity contribution in [2.45, 2.75) is 38.9 Å². The van der Waals surface area contributed by atoms with Gasteiger partial charge < -0.3 is 14.6 Å². The van der Waals surface area contributed by atoms with Crippen LogP contribution in [0.1, 0.15) is 27.2 Å². The second kappa shape index (κ2) is 4.28. The molecule has 1 aliphatic rings. The van der Waals surface area contributed by atoms with E-state index in [1.54, 1.807) is 0 Å². The second-order valence-corrected chi connectivity index (χ2v) is 4.66. The first kappa shape index (κ1) is 11.5. The number of rotatable bonds is 2. The van der Waals surface area contributed by atoms with E-state index in [0.29, 0.717) is 13.2 Å². The lowest BCUT2D eigenvalue weighted by Gasteiger charge is -2.21. The van der Waals surface area contributed by atoms with Crippen molar-refractivity contribution in [1.29, 1.82) is 0 Å². The van der Waals surface area contributed by atoms with Gasteiger partial charge in [-0.05, 0) is 20.8 Å². The molecule has 14 heavy (non-hydrogen) atoms. The third-order valence-corrected chi connectivity index (χ3v) is 2.01. The highest BCUT2D eigenvalue weighted by Crippen LogP contribution is 2.19. The van der Waals surface area contributed by atoms with Crippen LogP contribution in [0.3, 0.4) is 0 Å². The van der Waals surface area contributed by atoms with E-state index >= 15 is 0 Å². The Morgan fingerprint density at radius 1 is 1.50 bits per heavy atom. The average Bonchev–Trinajstić information content (AvgIpc) is 2.32. The fourth-order valence-electron chi connectivity index (χ4n) is 1.38. The van der Waals surface area contributed by atoms with E-state index in [2.05, 4.69) is 0 Å². The molecule has 0 spiro atoms. The summed E-state index contributed by atoms with van der Waals surface area (Å²) in [6.45, 7) is 6.25. The molecule has 2 atom stereocenters. The highest BCUT2D eigenvalue weighted by atomic mass is 16.6.